The van der Waals surface area contributed by atoms with Crippen LogP contribution in [-0.4, -0.2) is 45.3 Å². The molecule has 0 aromatic heterocycles. The maximum Gasteiger partial charge on any atom is 0.159 e. The molecular weight excluding hydrogens is 254 g/mol. The third kappa shape index (κ3) is 1.35. The van der Waals surface area contributed by atoms with E-state index in [2.05, 4.69) is 11.0 Å². The molecule has 2 N–H and O–H groups in total. The van der Waals surface area contributed by atoms with Crippen LogP contribution in [0.2, 0.25) is 0 Å². The van der Waals surface area contributed by atoms with Crippen molar-refractivity contribution in [3.05, 3.63) is 11.6 Å². The summed E-state index contributed by atoms with van der Waals surface area (Å²) in [4.78, 5) is 14.6. The molecule has 0 aromatic carbocycles. The Morgan fingerprint density at radius 1 is 1.35 bits per heavy atom. The van der Waals surface area contributed by atoms with E-state index in [0.29, 0.717) is 19.3 Å². The number of nitrogens with zero attached hydrogens (tertiary/aromatic N) is 1. The van der Waals surface area contributed by atoms with Gasteiger partial charge in [-0.1, -0.05) is 6.08 Å². The Morgan fingerprint density at radius 2 is 2.15 bits per heavy atom. The lowest BCUT2D eigenvalue weighted by atomic mass is 9.54. The summed E-state index contributed by atoms with van der Waals surface area (Å²) in [5, 5.41) is 22.2. The molecule has 0 radical (unpaired) electrons. The number of rotatable bonds is 0. The van der Waals surface area contributed by atoms with Gasteiger partial charge in [-0.15, -0.1) is 0 Å². The molecule has 3 fully saturated rings. The van der Waals surface area contributed by atoms with Gasteiger partial charge in [0.05, 0.1) is 5.60 Å². The molecule has 0 aromatic rings. The van der Waals surface area contributed by atoms with E-state index < -0.39 is 16.7 Å². The zero-order valence-corrected chi connectivity index (χ0v) is 12.1. The number of carbonyl (C=O) groups is 1. The fraction of sp³-hybridized carbons (Fsp3) is 0.812. The molecule has 4 aliphatic rings. The third-order valence-electron chi connectivity index (χ3n) is 6.21. The van der Waals surface area contributed by atoms with Crippen LogP contribution in [0.15, 0.2) is 11.6 Å². The molecule has 1 unspecified atom stereocenters. The molecule has 1 spiro atoms. The second-order valence-corrected chi connectivity index (χ2v) is 7.49. The fourth-order valence-electron chi connectivity index (χ4n) is 5.68. The van der Waals surface area contributed by atoms with Crippen LogP contribution in [0, 0.1) is 11.3 Å². The number of hydrogen-bond donors (Lipinski definition) is 2. The molecule has 4 nitrogen and oxygen atoms in total. The molecular formula is C16H23NO3. The summed E-state index contributed by atoms with van der Waals surface area (Å²) in [5.41, 5.74) is -1.45. The zero-order chi connectivity index (χ0) is 14.2. The van der Waals surface area contributed by atoms with Crippen molar-refractivity contribution in [3.63, 3.8) is 0 Å². The molecule has 2 saturated carbocycles. The van der Waals surface area contributed by atoms with E-state index >= 15 is 0 Å². The minimum absolute atomic E-state index is 0.0934. The highest BCUT2D eigenvalue weighted by Gasteiger charge is 2.70. The summed E-state index contributed by atoms with van der Waals surface area (Å²) in [6, 6.07) is 0. The van der Waals surface area contributed by atoms with E-state index in [0.717, 1.165) is 37.9 Å². The predicted molar refractivity (Wildman–Crippen MR) is 73.9 cm³/mol. The number of aliphatic hydroxyl groups is 2. The quantitative estimate of drug-likeness (QED) is 0.699. The zero-order valence-electron chi connectivity index (χ0n) is 12.1. The highest BCUT2D eigenvalue weighted by molar-refractivity contribution is 6.00. The Hall–Kier alpha value is -0.710. The van der Waals surface area contributed by atoms with Gasteiger partial charge in [0.2, 0.25) is 0 Å². The standard InChI is InChI=1S/C16H23NO3/c1-14(19)9-11-8-13(18)12-4-2-6-17-7-3-5-15(11,12)16(17,20)10-14/h4,11,19-20H,2-3,5-10H2,1H3/t11-,14+,15+,16+/m1/s1. The highest BCUT2D eigenvalue weighted by atomic mass is 16.3. The van der Waals surface area contributed by atoms with Crippen LogP contribution in [0.3, 0.4) is 0 Å². The summed E-state index contributed by atoms with van der Waals surface area (Å²) in [5.74, 6) is 0.297. The van der Waals surface area contributed by atoms with Crippen molar-refractivity contribution >= 4 is 5.78 Å². The summed E-state index contributed by atoms with van der Waals surface area (Å²) < 4.78 is 0. The molecule has 2 heterocycles. The lowest BCUT2D eigenvalue weighted by Gasteiger charge is -2.62. The van der Waals surface area contributed by atoms with Crippen LogP contribution in [-0.2, 0) is 4.79 Å². The minimum Gasteiger partial charge on any atom is -0.390 e. The Labute approximate surface area is 119 Å². The van der Waals surface area contributed by atoms with E-state index in [1.165, 1.54) is 0 Å². The molecule has 1 saturated heterocycles. The second-order valence-electron chi connectivity index (χ2n) is 7.49. The molecule has 110 valence electrons. The predicted octanol–water partition coefficient (Wildman–Crippen LogP) is 1.22. The number of carbonyl (C=O) groups excluding carboxylic acids is 1. The van der Waals surface area contributed by atoms with Gasteiger partial charge in [0.1, 0.15) is 5.72 Å². The second kappa shape index (κ2) is 3.73. The molecule has 4 heteroatoms. The first-order chi connectivity index (χ1) is 9.39. The minimum atomic E-state index is -1.04. The topological polar surface area (TPSA) is 60.8 Å². The van der Waals surface area contributed by atoms with E-state index in [4.69, 9.17) is 0 Å². The maximum absolute atomic E-state index is 12.5. The van der Waals surface area contributed by atoms with Crippen molar-refractivity contribution in [2.24, 2.45) is 11.3 Å². The van der Waals surface area contributed by atoms with E-state index in [1.807, 2.05) is 6.92 Å². The van der Waals surface area contributed by atoms with Gasteiger partial charge in [-0.3, -0.25) is 9.69 Å². The average Bonchev–Trinajstić information content (AvgIpc) is 2.57. The Kier molecular flexibility index (Phi) is 2.42. The van der Waals surface area contributed by atoms with Crippen molar-refractivity contribution in [2.45, 2.75) is 56.8 Å². The Morgan fingerprint density at radius 3 is 2.95 bits per heavy atom. The SMILES string of the molecule is C[C@]1(O)C[C@H]2CC(=O)C3=CCCN4CCC[C@@]32[C@@]4(O)C1. The summed E-state index contributed by atoms with van der Waals surface area (Å²) in [6.45, 7) is 3.47. The van der Waals surface area contributed by atoms with Crippen LogP contribution in [0.5, 0.6) is 0 Å². The van der Waals surface area contributed by atoms with Gasteiger partial charge in [-0.25, -0.2) is 0 Å². The first kappa shape index (κ1) is 13.0. The lowest BCUT2D eigenvalue weighted by molar-refractivity contribution is -0.267. The van der Waals surface area contributed by atoms with Crippen LogP contribution in [0.4, 0.5) is 0 Å². The number of piperidine rings is 1. The maximum atomic E-state index is 12.5. The third-order valence-corrected chi connectivity index (χ3v) is 6.21. The van der Waals surface area contributed by atoms with Crippen LogP contribution in [0.1, 0.15) is 45.4 Å². The normalized spacial score (nSPS) is 54.1. The molecule has 0 amide bonds. The van der Waals surface area contributed by atoms with Crippen molar-refractivity contribution in [3.8, 4) is 0 Å². The first-order valence-electron chi connectivity index (χ1n) is 7.83. The van der Waals surface area contributed by atoms with Gasteiger partial charge in [0.15, 0.2) is 5.78 Å². The molecule has 2 aliphatic heterocycles. The largest absolute Gasteiger partial charge is 0.390 e. The number of ketones is 1. The lowest BCUT2D eigenvalue weighted by Crippen LogP contribution is -2.70. The van der Waals surface area contributed by atoms with Gasteiger partial charge in [0, 0.05) is 36.9 Å². The van der Waals surface area contributed by atoms with Crippen LogP contribution >= 0.6 is 0 Å². The monoisotopic (exact) mass is 277 g/mol. The number of Topliss-reactive ketones (excluding diaryl/α,β-unsaturated/α-hetero) is 1. The van der Waals surface area contributed by atoms with Gasteiger partial charge in [0.25, 0.3) is 0 Å². The highest BCUT2D eigenvalue weighted by Crippen LogP contribution is 2.65. The molecule has 5 atom stereocenters. The molecule has 2 bridgehead atoms. The van der Waals surface area contributed by atoms with Crippen molar-refractivity contribution in [1.82, 2.24) is 4.90 Å². The molecule has 4 rings (SSSR count). The smallest absolute Gasteiger partial charge is 0.159 e. The molecule has 20 heavy (non-hydrogen) atoms. The van der Waals surface area contributed by atoms with E-state index in [9.17, 15) is 15.0 Å². The number of hydrogen-bond acceptors (Lipinski definition) is 4. The average molecular weight is 277 g/mol. The summed E-state index contributed by atoms with van der Waals surface area (Å²) in [7, 11) is 0. The van der Waals surface area contributed by atoms with Gasteiger partial charge < -0.3 is 10.2 Å². The Balaban J connectivity index is 1.95. The van der Waals surface area contributed by atoms with Crippen LogP contribution < -0.4 is 0 Å². The van der Waals surface area contributed by atoms with Crippen molar-refractivity contribution < 1.29 is 15.0 Å². The van der Waals surface area contributed by atoms with Crippen LogP contribution in [0.25, 0.3) is 0 Å². The first-order valence-corrected chi connectivity index (χ1v) is 7.83. The van der Waals surface area contributed by atoms with Crippen molar-refractivity contribution in [2.75, 3.05) is 13.1 Å². The van der Waals surface area contributed by atoms with Crippen molar-refractivity contribution in [1.29, 1.82) is 0 Å². The Bertz CT molecular complexity index is 512. The van der Waals surface area contributed by atoms with Gasteiger partial charge >= 0.3 is 0 Å². The summed E-state index contributed by atoms with van der Waals surface area (Å²) in [6.07, 6.45) is 6.33. The molecule has 2 aliphatic carbocycles. The fourth-order valence-corrected chi connectivity index (χ4v) is 5.68. The summed E-state index contributed by atoms with van der Waals surface area (Å²) >= 11 is 0. The van der Waals surface area contributed by atoms with Gasteiger partial charge in [-0.05, 0) is 38.5 Å². The van der Waals surface area contributed by atoms with E-state index in [-0.39, 0.29) is 11.7 Å². The van der Waals surface area contributed by atoms with Gasteiger partial charge in [-0.2, -0.15) is 0 Å². The van der Waals surface area contributed by atoms with E-state index in [1.54, 1.807) is 0 Å².